The molecule has 1 aliphatic heterocycles. The Morgan fingerprint density at radius 2 is 2.24 bits per heavy atom. The van der Waals surface area contributed by atoms with Crippen molar-refractivity contribution in [1.82, 2.24) is 5.32 Å². The van der Waals surface area contributed by atoms with Gasteiger partial charge in [-0.1, -0.05) is 11.6 Å². The fourth-order valence-corrected chi connectivity index (χ4v) is 2.29. The molecule has 3 nitrogen and oxygen atoms in total. The molecule has 0 bridgehead atoms. The predicted octanol–water partition coefficient (Wildman–Crippen LogP) is 3.18. The van der Waals surface area contributed by atoms with Crippen LogP contribution in [0, 0.1) is 0 Å². The number of hydrogen-bond donors (Lipinski definition) is 2. The van der Waals surface area contributed by atoms with Crippen LogP contribution in [-0.4, -0.2) is 18.5 Å². The van der Waals surface area contributed by atoms with E-state index in [-0.39, 0.29) is 11.9 Å². The smallest absolute Gasteiger partial charge is 0.242 e. The molecule has 1 saturated heterocycles. The number of benzene rings is 1. The molecule has 0 aliphatic carbocycles. The third-order valence-electron chi connectivity index (χ3n) is 2.80. The van der Waals surface area contributed by atoms with Crippen molar-refractivity contribution >= 4 is 39.1 Å². The highest BCUT2D eigenvalue weighted by atomic mass is 79.9. The number of anilines is 1. The van der Waals surface area contributed by atoms with E-state index in [1.807, 2.05) is 18.2 Å². The van der Waals surface area contributed by atoms with Gasteiger partial charge in [0.25, 0.3) is 0 Å². The molecule has 17 heavy (non-hydrogen) atoms. The van der Waals surface area contributed by atoms with Gasteiger partial charge in [0.2, 0.25) is 5.91 Å². The average molecular weight is 318 g/mol. The van der Waals surface area contributed by atoms with Gasteiger partial charge >= 0.3 is 0 Å². The first-order valence-corrected chi connectivity index (χ1v) is 6.83. The first kappa shape index (κ1) is 12.7. The van der Waals surface area contributed by atoms with E-state index in [1.165, 1.54) is 0 Å². The predicted molar refractivity (Wildman–Crippen MR) is 73.4 cm³/mol. The van der Waals surface area contributed by atoms with Gasteiger partial charge in [-0.15, -0.1) is 0 Å². The van der Waals surface area contributed by atoms with Crippen LogP contribution in [0.5, 0.6) is 0 Å². The highest BCUT2D eigenvalue weighted by Crippen LogP contribution is 2.26. The summed E-state index contributed by atoms with van der Waals surface area (Å²) >= 11 is 9.35. The normalized spacial score (nSPS) is 20.6. The minimum absolute atomic E-state index is 0.0709. The maximum Gasteiger partial charge on any atom is 0.242 e. The van der Waals surface area contributed by atoms with Crippen LogP contribution in [0.25, 0.3) is 0 Å². The summed E-state index contributed by atoms with van der Waals surface area (Å²) in [6.45, 7) is 0.776. The Morgan fingerprint density at radius 1 is 1.41 bits per heavy atom. The summed E-state index contributed by atoms with van der Waals surface area (Å²) in [7, 11) is 0. The molecule has 2 N–H and O–H groups in total. The van der Waals surface area contributed by atoms with Gasteiger partial charge in [-0.3, -0.25) is 4.79 Å². The van der Waals surface area contributed by atoms with Crippen LogP contribution in [0.15, 0.2) is 22.7 Å². The molecule has 1 aromatic rings. The van der Waals surface area contributed by atoms with E-state index < -0.39 is 0 Å². The van der Waals surface area contributed by atoms with Crippen LogP contribution in [0.4, 0.5) is 5.69 Å². The Labute approximate surface area is 114 Å². The molecular formula is C12H14BrClN2O. The van der Waals surface area contributed by atoms with E-state index in [0.717, 1.165) is 36.0 Å². The Balaban J connectivity index is 2.08. The summed E-state index contributed by atoms with van der Waals surface area (Å²) in [5.74, 6) is 0.0709. The molecule has 0 spiro atoms. The van der Waals surface area contributed by atoms with Gasteiger partial charge in [0.15, 0.2) is 0 Å². The molecule has 1 aliphatic rings. The zero-order valence-electron chi connectivity index (χ0n) is 9.30. The summed E-state index contributed by atoms with van der Waals surface area (Å²) in [6.07, 6.45) is 2.96. The maximum absolute atomic E-state index is 11.8. The fraction of sp³-hybridized carbons (Fsp3) is 0.417. The summed E-state index contributed by atoms with van der Waals surface area (Å²) in [5.41, 5.74) is 0.875. The molecule has 1 unspecified atom stereocenters. The minimum Gasteiger partial charge on any atom is -0.374 e. The van der Waals surface area contributed by atoms with E-state index in [4.69, 9.17) is 11.6 Å². The summed E-state index contributed by atoms with van der Waals surface area (Å²) in [5, 5.41) is 6.76. The Morgan fingerprint density at radius 3 is 3.00 bits per heavy atom. The van der Waals surface area contributed by atoms with Crippen LogP contribution in [0.3, 0.4) is 0 Å². The quantitative estimate of drug-likeness (QED) is 0.879. The van der Waals surface area contributed by atoms with E-state index in [9.17, 15) is 4.79 Å². The largest absolute Gasteiger partial charge is 0.374 e. The SMILES string of the molecule is O=C1NCCCCC1Nc1ccc(Br)c(Cl)c1. The topological polar surface area (TPSA) is 41.1 Å². The zero-order chi connectivity index (χ0) is 12.3. The molecule has 1 amide bonds. The van der Waals surface area contributed by atoms with Crippen molar-refractivity contribution in [2.75, 3.05) is 11.9 Å². The van der Waals surface area contributed by atoms with Crippen LogP contribution >= 0.6 is 27.5 Å². The molecule has 0 aromatic heterocycles. The van der Waals surface area contributed by atoms with Crippen molar-refractivity contribution in [3.8, 4) is 0 Å². The third-order valence-corrected chi connectivity index (χ3v) is 4.03. The van der Waals surface area contributed by atoms with Gasteiger partial charge in [0.1, 0.15) is 6.04 Å². The summed E-state index contributed by atoms with van der Waals surface area (Å²) < 4.78 is 0.857. The second-order valence-electron chi connectivity index (χ2n) is 4.11. The Hall–Kier alpha value is -0.740. The van der Waals surface area contributed by atoms with Crippen LogP contribution in [0.2, 0.25) is 5.02 Å². The van der Waals surface area contributed by atoms with Crippen molar-refractivity contribution in [2.24, 2.45) is 0 Å². The molecule has 1 heterocycles. The van der Waals surface area contributed by atoms with E-state index >= 15 is 0 Å². The second kappa shape index (κ2) is 5.74. The molecule has 1 atom stereocenters. The minimum atomic E-state index is -0.158. The lowest BCUT2D eigenvalue weighted by Gasteiger charge is -2.16. The van der Waals surface area contributed by atoms with E-state index in [1.54, 1.807) is 0 Å². The number of halogens is 2. The van der Waals surface area contributed by atoms with Crippen molar-refractivity contribution in [3.05, 3.63) is 27.7 Å². The summed E-state index contributed by atoms with van der Waals surface area (Å²) in [4.78, 5) is 11.8. The Kier molecular flexibility index (Phi) is 4.29. The number of carbonyl (C=O) groups excluding carboxylic acids is 1. The number of nitrogens with one attached hydrogen (secondary N) is 2. The number of amides is 1. The lowest BCUT2D eigenvalue weighted by Crippen LogP contribution is -2.37. The molecule has 2 rings (SSSR count). The molecular weight excluding hydrogens is 304 g/mol. The van der Waals surface area contributed by atoms with Gasteiger partial charge in [-0.05, 0) is 53.4 Å². The third kappa shape index (κ3) is 3.36. The van der Waals surface area contributed by atoms with Crippen molar-refractivity contribution in [1.29, 1.82) is 0 Å². The number of hydrogen-bond acceptors (Lipinski definition) is 2. The zero-order valence-corrected chi connectivity index (χ0v) is 11.6. The van der Waals surface area contributed by atoms with Crippen LogP contribution in [0.1, 0.15) is 19.3 Å². The van der Waals surface area contributed by atoms with Crippen molar-refractivity contribution in [2.45, 2.75) is 25.3 Å². The van der Waals surface area contributed by atoms with Gasteiger partial charge in [-0.25, -0.2) is 0 Å². The second-order valence-corrected chi connectivity index (χ2v) is 5.37. The molecule has 1 aromatic carbocycles. The monoisotopic (exact) mass is 316 g/mol. The molecule has 0 saturated carbocycles. The van der Waals surface area contributed by atoms with Gasteiger partial charge < -0.3 is 10.6 Å². The van der Waals surface area contributed by atoms with E-state index in [0.29, 0.717) is 5.02 Å². The highest BCUT2D eigenvalue weighted by molar-refractivity contribution is 9.10. The van der Waals surface area contributed by atoms with Gasteiger partial charge in [-0.2, -0.15) is 0 Å². The van der Waals surface area contributed by atoms with Crippen molar-refractivity contribution in [3.63, 3.8) is 0 Å². The lowest BCUT2D eigenvalue weighted by molar-refractivity contribution is -0.121. The van der Waals surface area contributed by atoms with Crippen LogP contribution in [-0.2, 0) is 4.79 Å². The van der Waals surface area contributed by atoms with Gasteiger partial charge in [0.05, 0.1) is 5.02 Å². The molecule has 1 fully saturated rings. The molecule has 92 valence electrons. The highest BCUT2D eigenvalue weighted by Gasteiger charge is 2.20. The number of rotatable bonds is 2. The first-order valence-electron chi connectivity index (χ1n) is 5.66. The lowest BCUT2D eigenvalue weighted by atomic mass is 10.1. The van der Waals surface area contributed by atoms with Crippen LogP contribution < -0.4 is 10.6 Å². The fourth-order valence-electron chi connectivity index (χ4n) is 1.86. The standard InChI is InChI=1S/C12H14BrClN2O/c13-9-5-4-8(7-10(9)14)16-11-3-1-2-6-15-12(11)17/h4-5,7,11,16H,1-3,6H2,(H,15,17). The first-order chi connectivity index (χ1) is 8.16. The van der Waals surface area contributed by atoms with Crippen molar-refractivity contribution < 1.29 is 4.79 Å². The number of carbonyl (C=O) groups is 1. The molecule has 0 radical (unpaired) electrons. The summed E-state index contributed by atoms with van der Waals surface area (Å²) in [6, 6.07) is 5.45. The molecule has 5 heteroatoms. The Bertz CT molecular complexity index is 425. The maximum atomic E-state index is 11.8. The average Bonchev–Trinajstić information content (AvgIpc) is 2.50. The van der Waals surface area contributed by atoms with E-state index in [2.05, 4.69) is 26.6 Å². The van der Waals surface area contributed by atoms with Gasteiger partial charge in [0, 0.05) is 16.7 Å².